The summed E-state index contributed by atoms with van der Waals surface area (Å²) in [5, 5.41) is 5.59. The van der Waals surface area contributed by atoms with Crippen LogP contribution in [0.4, 0.5) is 13.2 Å². The summed E-state index contributed by atoms with van der Waals surface area (Å²) in [5.74, 6) is 0.480. The lowest BCUT2D eigenvalue weighted by Crippen LogP contribution is -2.38. The lowest BCUT2D eigenvalue weighted by atomic mass is 9.98. The van der Waals surface area contributed by atoms with Gasteiger partial charge in [0.2, 0.25) is 10.0 Å². The topological polar surface area (TPSA) is 93.4 Å². The Morgan fingerprint density at radius 3 is 2.49 bits per heavy atom. The molecular formula is C23H18ClF3N6O2S2. The molecule has 1 aromatic carbocycles. The number of piperidine rings is 1. The summed E-state index contributed by atoms with van der Waals surface area (Å²) >= 11 is 6.99. The molecule has 14 heteroatoms. The summed E-state index contributed by atoms with van der Waals surface area (Å²) < 4.78 is 69.4. The first kappa shape index (κ1) is 24.5. The number of hydrogen-bond acceptors (Lipinski definition) is 7. The molecule has 37 heavy (non-hydrogen) atoms. The largest absolute Gasteiger partial charge is 0.433 e. The van der Waals surface area contributed by atoms with Crippen LogP contribution in [0.15, 0.2) is 41.6 Å². The van der Waals surface area contributed by atoms with Crippen LogP contribution in [0.3, 0.4) is 0 Å². The predicted molar refractivity (Wildman–Crippen MR) is 133 cm³/mol. The van der Waals surface area contributed by atoms with Crippen molar-refractivity contribution in [2.75, 3.05) is 13.1 Å². The zero-order chi connectivity index (χ0) is 26.1. The lowest BCUT2D eigenvalue weighted by molar-refractivity contribution is -0.141. The van der Waals surface area contributed by atoms with Crippen molar-refractivity contribution in [2.24, 2.45) is 0 Å². The van der Waals surface area contributed by atoms with E-state index in [0.717, 1.165) is 17.4 Å². The Balaban J connectivity index is 1.31. The highest BCUT2D eigenvalue weighted by Crippen LogP contribution is 2.39. The van der Waals surface area contributed by atoms with Gasteiger partial charge in [0, 0.05) is 29.4 Å². The van der Waals surface area contributed by atoms with Crippen molar-refractivity contribution in [3.63, 3.8) is 0 Å². The van der Waals surface area contributed by atoms with Gasteiger partial charge in [-0.1, -0.05) is 11.6 Å². The van der Waals surface area contributed by atoms with Gasteiger partial charge in [-0.25, -0.2) is 27.9 Å². The molecule has 0 aliphatic carbocycles. The number of sulfonamides is 1. The van der Waals surface area contributed by atoms with Crippen LogP contribution in [-0.2, 0) is 16.2 Å². The summed E-state index contributed by atoms with van der Waals surface area (Å²) in [5.41, 5.74) is 0.526. The van der Waals surface area contributed by atoms with Crippen LogP contribution >= 0.6 is 22.9 Å². The van der Waals surface area contributed by atoms with Crippen LogP contribution in [0.2, 0.25) is 5.02 Å². The molecule has 5 aromatic rings. The van der Waals surface area contributed by atoms with Crippen molar-refractivity contribution in [3.8, 4) is 0 Å². The summed E-state index contributed by atoms with van der Waals surface area (Å²) in [4.78, 5) is 13.4. The first-order valence-electron chi connectivity index (χ1n) is 11.3. The zero-order valence-corrected chi connectivity index (χ0v) is 21.6. The first-order valence-corrected chi connectivity index (χ1v) is 13.9. The lowest BCUT2D eigenvalue weighted by Gasteiger charge is -2.29. The molecule has 1 aliphatic heterocycles. The smallest absolute Gasteiger partial charge is 0.234 e. The number of fused-ring (bicyclic) bond motifs is 5. The molecule has 1 aliphatic rings. The van der Waals surface area contributed by atoms with Crippen LogP contribution in [0.25, 0.3) is 26.1 Å². The molecule has 192 valence electrons. The van der Waals surface area contributed by atoms with Gasteiger partial charge in [-0.2, -0.15) is 17.5 Å². The number of rotatable bonds is 3. The van der Waals surface area contributed by atoms with Crippen LogP contribution < -0.4 is 0 Å². The second kappa shape index (κ2) is 8.58. The third kappa shape index (κ3) is 4.13. The molecule has 0 radical (unpaired) electrons. The summed E-state index contributed by atoms with van der Waals surface area (Å²) in [6.07, 6.45) is -1.99. The van der Waals surface area contributed by atoms with Gasteiger partial charge >= 0.3 is 6.18 Å². The Hall–Kier alpha value is -2.87. The Labute approximate surface area is 217 Å². The SMILES string of the molecule is Cc1cc(C(F)(F)F)nc2sc3c(ncn4nc(C5CCN(S(=O)(=O)c6ccc(Cl)cc6)CC5)nc34)c12. The molecule has 0 bridgehead atoms. The maximum atomic E-state index is 13.3. The molecule has 1 fully saturated rings. The summed E-state index contributed by atoms with van der Waals surface area (Å²) in [6, 6.07) is 7.11. The van der Waals surface area contributed by atoms with E-state index in [-0.39, 0.29) is 15.6 Å². The van der Waals surface area contributed by atoms with E-state index in [9.17, 15) is 21.6 Å². The van der Waals surface area contributed by atoms with E-state index < -0.39 is 21.9 Å². The molecule has 0 N–H and O–H groups in total. The predicted octanol–water partition coefficient (Wildman–Crippen LogP) is 5.44. The summed E-state index contributed by atoms with van der Waals surface area (Å²) in [7, 11) is -3.64. The van der Waals surface area contributed by atoms with Gasteiger partial charge in [0.15, 0.2) is 11.5 Å². The van der Waals surface area contributed by atoms with E-state index in [1.54, 1.807) is 19.1 Å². The van der Waals surface area contributed by atoms with Gasteiger partial charge < -0.3 is 0 Å². The highest BCUT2D eigenvalue weighted by atomic mass is 35.5. The van der Waals surface area contributed by atoms with E-state index >= 15 is 0 Å². The Morgan fingerprint density at radius 1 is 1.11 bits per heavy atom. The number of aromatic nitrogens is 5. The number of halogens is 4. The fourth-order valence-electron chi connectivity index (χ4n) is 4.65. The van der Waals surface area contributed by atoms with Gasteiger partial charge in [-0.3, -0.25) is 0 Å². The van der Waals surface area contributed by atoms with Gasteiger partial charge in [0.1, 0.15) is 21.6 Å². The van der Waals surface area contributed by atoms with Gasteiger partial charge in [-0.15, -0.1) is 16.4 Å². The molecule has 5 heterocycles. The molecule has 6 rings (SSSR count). The maximum Gasteiger partial charge on any atom is 0.433 e. The minimum atomic E-state index is -4.55. The van der Waals surface area contributed by atoms with Crippen molar-refractivity contribution >= 4 is 59.0 Å². The third-order valence-corrected chi connectivity index (χ3v) is 9.78. The van der Waals surface area contributed by atoms with E-state index in [2.05, 4.69) is 15.1 Å². The number of nitrogens with zero attached hydrogens (tertiary/aromatic N) is 6. The van der Waals surface area contributed by atoms with Crippen molar-refractivity contribution in [3.05, 3.63) is 58.8 Å². The summed E-state index contributed by atoms with van der Waals surface area (Å²) in [6.45, 7) is 2.23. The van der Waals surface area contributed by atoms with Gasteiger partial charge in [0.05, 0.1) is 10.4 Å². The van der Waals surface area contributed by atoms with E-state index in [1.807, 2.05) is 0 Å². The van der Waals surface area contributed by atoms with E-state index in [4.69, 9.17) is 16.6 Å². The van der Waals surface area contributed by atoms with Crippen molar-refractivity contribution in [2.45, 2.75) is 36.8 Å². The Morgan fingerprint density at radius 2 is 1.81 bits per heavy atom. The normalized spacial score (nSPS) is 16.4. The average molecular weight is 567 g/mol. The second-order valence-corrected chi connectivity index (χ2v) is 12.3. The van der Waals surface area contributed by atoms with Gasteiger partial charge in [0.25, 0.3) is 0 Å². The Bertz CT molecular complexity index is 1780. The van der Waals surface area contributed by atoms with Crippen molar-refractivity contribution in [1.82, 2.24) is 28.9 Å². The molecule has 4 aromatic heterocycles. The molecular weight excluding hydrogens is 549 g/mol. The second-order valence-electron chi connectivity index (χ2n) is 8.90. The Kier molecular flexibility index (Phi) is 5.67. The number of alkyl halides is 3. The zero-order valence-electron chi connectivity index (χ0n) is 19.2. The van der Waals surface area contributed by atoms with E-state index in [1.165, 1.54) is 27.3 Å². The van der Waals surface area contributed by atoms with Crippen LogP contribution in [0.1, 0.15) is 35.8 Å². The molecule has 0 atom stereocenters. The van der Waals surface area contributed by atoms with Crippen LogP contribution in [0.5, 0.6) is 0 Å². The number of aryl methyl sites for hydroxylation is 1. The van der Waals surface area contributed by atoms with Crippen molar-refractivity contribution in [1.29, 1.82) is 0 Å². The number of hydrogen-bond donors (Lipinski definition) is 0. The molecule has 0 unspecified atom stereocenters. The minimum absolute atomic E-state index is 0.0716. The van der Waals surface area contributed by atoms with Gasteiger partial charge in [-0.05, 0) is 55.7 Å². The van der Waals surface area contributed by atoms with Crippen LogP contribution in [0, 0.1) is 6.92 Å². The molecule has 0 amide bonds. The average Bonchev–Trinajstić information content (AvgIpc) is 3.45. The highest BCUT2D eigenvalue weighted by molar-refractivity contribution is 7.89. The molecule has 0 saturated carbocycles. The van der Waals surface area contributed by atoms with E-state index in [0.29, 0.717) is 63.6 Å². The number of pyridine rings is 1. The fraction of sp³-hybridized carbons (Fsp3) is 0.304. The number of thiophene rings is 1. The number of benzene rings is 1. The monoisotopic (exact) mass is 566 g/mol. The highest BCUT2D eigenvalue weighted by Gasteiger charge is 2.34. The third-order valence-electron chi connectivity index (χ3n) is 6.54. The molecule has 8 nitrogen and oxygen atoms in total. The van der Waals surface area contributed by atoms with Crippen molar-refractivity contribution < 1.29 is 21.6 Å². The first-order chi connectivity index (χ1) is 17.5. The fourth-order valence-corrected chi connectivity index (χ4v) is 7.43. The minimum Gasteiger partial charge on any atom is -0.234 e. The molecule has 1 saturated heterocycles. The molecule has 0 spiro atoms. The quantitative estimate of drug-likeness (QED) is 0.289. The van der Waals surface area contributed by atoms with Crippen LogP contribution in [-0.4, -0.2) is 50.4 Å². The maximum absolute atomic E-state index is 13.3. The standard InChI is InChI=1S/C23H18ClF3N6O2S2/c1-12-10-16(23(25,26)27)29-22-17(12)18-19(36-22)21-30-20(31-33(21)11-28-18)13-6-8-32(9-7-13)37(34,35)15-4-2-14(24)3-5-15/h2-5,10-11,13H,6-9H2,1H3.